The molecule has 20 heavy (non-hydrogen) atoms. The van der Waals surface area contributed by atoms with E-state index in [9.17, 15) is 9.59 Å². The van der Waals surface area contributed by atoms with Crippen LogP contribution < -0.4 is 0 Å². The molecule has 2 unspecified atom stereocenters. The van der Waals surface area contributed by atoms with Gasteiger partial charge < -0.3 is 0 Å². The van der Waals surface area contributed by atoms with Gasteiger partial charge in [-0.15, -0.1) is 0 Å². The minimum Gasteiger partial charge on any atom is -0.211 e. The highest BCUT2D eigenvalue weighted by Crippen LogP contribution is 2.18. The first-order valence-electron chi connectivity index (χ1n) is 7.74. The fourth-order valence-electron chi connectivity index (χ4n) is 2.32. The van der Waals surface area contributed by atoms with E-state index in [-0.39, 0.29) is 12.1 Å². The van der Waals surface area contributed by atoms with Gasteiger partial charge in [0.25, 0.3) is 0 Å². The van der Waals surface area contributed by atoms with Crippen molar-refractivity contribution in [2.75, 3.05) is 0 Å². The molecule has 0 aromatic rings. The molecule has 4 nitrogen and oxygen atoms in total. The zero-order valence-corrected chi connectivity index (χ0v) is 13.1. The molecule has 2 atom stereocenters. The zero-order chi connectivity index (χ0) is 15.2. The molecule has 0 aromatic heterocycles. The van der Waals surface area contributed by atoms with Gasteiger partial charge in [0.05, 0.1) is 12.1 Å². The molecule has 0 aliphatic rings. The van der Waals surface area contributed by atoms with Crippen molar-refractivity contribution in [1.29, 1.82) is 0 Å². The first kappa shape index (κ1) is 18.8. The molecule has 0 saturated carbocycles. The van der Waals surface area contributed by atoms with Crippen molar-refractivity contribution in [3.63, 3.8) is 0 Å². The molecule has 0 radical (unpaired) electrons. The van der Waals surface area contributed by atoms with Crippen LogP contribution in [0, 0.1) is 5.92 Å². The third-order valence-corrected chi connectivity index (χ3v) is 3.68. The quantitative estimate of drug-likeness (QED) is 0.306. The Bertz CT molecular complexity index is 299. The van der Waals surface area contributed by atoms with Crippen LogP contribution in [0.5, 0.6) is 0 Å². The smallest absolute Gasteiger partial charge is 0.211 e. The van der Waals surface area contributed by atoms with Crippen LogP contribution in [0.1, 0.15) is 72.1 Å². The van der Waals surface area contributed by atoms with Gasteiger partial charge in [-0.2, -0.15) is 0 Å². The lowest BCUT2D eigenvalue weighted by molar-refractivity contribution is 0.428. The molecule has 0 aromatic carbocycles. The van der Waals surface area contributed by atoms with Gasteiger partial charge in [0.1, 0.15) is 0 Å². The van der Waals surface area contributed by atoms with E-state index in [1.165, 1.54) is 25.7 Å². The molecule has 0 aliphatic heterocycles. The average Bonchev–Trinajstić information content (AvgIpc) is 2.40. The second-order valence-corrected chi connectivity index (χ2v) is 5.81. The van der Waals surface area contributed by atoms with Gasteiger partial charge in [0, 0.05) is 0 Å². The third-order valence-electron chi connectivity index (χ3n) is 3.68. The Morgan fingerprint density at radius 2 is 1.05 bits per heavy atom. The van der Waals surface area contributed by atoms with Crippen LogP contribution in [0.3, 0.4) is 0 Å². The number of nitrogens with zero attached hydrogens (tertiary/aromatic N) is 2. The summed E-state index contributed by atoms with van der Waals surface area (Å²) in [6, 6.07) is 0.227. The molecule has 0 saturated heterocycles. The summed E-state index contributed by atoms with van der Waals surface area (Å²) in [5.74, 6) is 0.741. The van der Waals surface area contributed by atoms with Gasteiger partial charge in [0.2, 0.25) is 12.2 Å². The van der Waals surface area contributed by atoms with Gasteiger partial charge in [-0.05, 0) is 32.6 Å². The Balaban J connectivity index is 3.47. The number of aliphatic imine (C=N–C) groups is 2. The predicted molar refractivity (Wildman–Crippen MR) is 81.3 cm³/mol. The normalized spacial score (nSPS) is 14.8. The van der Waals surface area contributed by atoms with Crippen molar-refractivity contribution in [2.24, 2.45) is 15.9 Å². The van der Waals surface area contributed by atoms with Crippen LogP contribution in [-0.2, 0) is 9.59 Å². The molecule has 0 bridgehead atoms. The minimum atomic E-state index is 0.114. The van der Waals surface area contributed by atoms with E-state index in [1.54, 1.807) is 12.2 Å². The monoisotopic (exact) mass is 280 g/mol. The Kier molecular flexibility index (Phi) is 12.0. The van der Waals surface area contributed by atoms with E-state index in [0.29, 0.717) is 0 Å². The van der Waals surface area contributed by atoms with E-state index in [1.807, 2.05) is 13.8 Å². The fraction of sp³-hybridized carbons (Fsp3) is 0.875. The highest BCUT2D eigenvalue weighted by molar-refractivity contribution is 5.33. The number of hydrogen-bond donors (Lipinski definition) is 0. The SMILES string of the molecule is CC(CCCCC(C)N=C=O)CCCCC(C)N=C=O. The van der Waals surface area contributed by atoms with Gasteiger partial charge in [-0.25, -0.2) is 19.6 Å². The summed E-state index contributed by atoms with van der Waals surface area (Å²) in [5.41, 5.74) is 0. The molecule has 0 N–H and O–H groups in total. The number of unbranched alkanes of at least 4 members (excludes halogenated alkanes) is 2. The summed E-state index contributed by atoms with van der Waals surface area (Å²) in [6.45, 7) is 6.20. The summed E-state index contributed by atoms with van der Waals surface area (Å²) < 4.78 is 0. The Morgan fingerprint density at radius 3 is 1.40 bits per heavy atom. The van der Waals surface area contributed by atoms with E-state index in [2.05, 4.69) is 16.9 Å². The summed E-state index contributed by atoms with van der Waals surface area (Å²) >= 11 is 0. The van der Waals surface area contributed by atoms with E-state index in [4.69, 9.17) is 0 Å². The molecular formula is C16H28N2O2. The van der Waals surface area contributed by atoms with Crippen molar-refractivity contribution in [3.8, 4) is 0 Å². The van der Waals surface area contributed by atoms with Gasteiger partial charge in [0.15, 0.2) is 0 Å². The molecule has 0 heterocycles. The Hall–Kier alpha value is -1.24. The second kappa shape index (κ2) is 12.8. The van der Waals surface area contributed by atoms with Crippen LogP contribution in [0.25, 0.3) is 0 Å². The Labute approximate surface area is 122 Å². The van der Waals surface area contributed by atoms with Crippen molar-refractivity contribution in [2.45, 2.75) is 84.2 Å². The maximum Gasteiger partial charge on any atom is 0.235 e. The lowest BCUT2D eigenvalue weighted by atomic mass is 9.96. The maximum atomic E-state index is 10.1. The van der Waals surface area contributed by atoms with Crippen LogP contribution in [0.15, 0.2) is 9.98 Å². The van der Waals surface area contributed by atoms with E-state index < -0.39 is 0 Å². The molecule has 4 heteroatoms. The topological polar surface area (TPSA) is 58.9 Å². The van der Waals surface area contributed by atoms with Crippen LogP contribution >= 0.6 is 0 Å². The average molecular weight is 280 g/mol. The zero-order valence-electron chi connectivity index (χ0n) is 13.1. The molecular weight excluding hydrogens is 252 g/mol. The first-order valence-corrected chi connectivity index (χ1v) is 7.74. The summed E-state index contributed by atoms with van der Waals surface area (Å²) in [5, 5.41) is 0. The molecule has 0 spiro atoms. The van der Waals surface area contributed by atoms with Gasteiger partial charge in [-0.3, -0.25) is 0 Å². The second-order valence-electron chi connectivity index (χ2n) is 5.81. The number of rotatable bonds is 12. The number of hydrogen-bond acceptors (Lipinski definition) is 4. The number of carbonyl (C=O) groups excluding carboxylic acids is 2. The van der Waals surface area contributed by atoms with Crippen molar-refractivity contribution in [1.82, 2.24) is 0 Å². The highest BCUT2D eigenvalue weighted by atomic mass is 16.1. The predicted octanol–water partition coefficient (Wildman–Crippen LogP) is 4.19. The van der Waals surface area contributed by atoms with Gasteiger partial charge in [-0.1, -0.05) is 45.4 Å². The molecule has 0 aliphatic carbocycles. The lowest BCUT2D eigenvalue weighted by Crippen LogP contribution is -2.00. The summed E-state index contributed by atoms with van der Waals surface area (Å²) in [4.78, 5) is 27.5. The third kappa shape index (κ3) is 11.8. The summed E-state index contributed by atoms with van der Waals surface area (Å²) in [7, 11) is 0. The molecule has 0 fully saturated rings. The van der Waals surface area contributed by atoms with Crippen LogP contribution in [0.2, 0.25) is 0 Å². The van der Waals surface area contributed by atoms with E-state index in [0.717, 1.165) is 31.6 Å². The highest BCUT2D eigenvalue weighted by Gasteiger charge is 2.05. The molecule has 114 valence electrons. The van der Waals surface area contributed by atoms with Crippen molar-refractivity contribution < 1.29 is 9.59 Å². The molecule has 0 rings (SSSR count). The van der Waals surface area contributed by atoms with Crippen LogP contribution in [0.4, 0.5) is 0 Å². The van der Waals surface area contributed by atoms with Crippen molar-refractivity contribution >= 4 is 12.2 Å². The van der Waals surface area contributed by atoms with Crippen molar-refractivity contribution in [3.05, 3.63) is 0 Å². The fourth-order valence-corrected chi connectivity index (χ4v) is 2.32. The maximum absolute atomic E-state index is 10.1. The summed E-state index contributed by atoms with van der Waals surface area (Å²) in [6.07, 6.45) is 12.3. The minimum absolute atomic E-state index is 0.114. The van der Waals surface area contributed by atoms with Crippen LogP contribution in [-0.4, -0.2) is 24.2 Å². The standard InChI is InChI=1S/C16H28N2O2/c1-14(8-4-6-10-15(2)17-12-19)9-5-7-11-16(3)18-13-20/h14-16H,4-11H2,1-3H3. The van der Waals surface area contributed by atoms with E-state index >= 15 is 0 Å². The molecule has 0 amide bonds. The number of isocyanates is 2. The Morgan fingerprint density at radius 1 is 0.700 bits per heavy atom. The largest absolute Gasteiger partial charge is 0.235 e. The first-order chi connectivity index (χ1) is 9.60. The lowest BCUT2D eigenvalue weighted by Gasteiger charge is -2.12. The van der Waals surface area contributed by atoms with Gasteiger partial charge >= 0.3 is 0 Å².